The highest BCUT2D eigenvalue weighted by Gasteiger charge is 2.48. The highest BCUT2D eigenvalue weighted by Crippen LogP contribution is 2.40. The Labute approximate surface area is 177 Å². The standard InChI is InChI=1S/C20H21ClN4O5/c1-29-13-8-22-18-12-6-7-24(19(12)23-9-25(13)18)20-16(28)15(27)17(30-20)14(26)10-2-4-11(21)5-3-10/h2-7,9,13-17,20,26-28H,8H2,1H3/t13?,14?,15-,16+,17+,20+/m0/s1. The maximum Gasteiger partial charge on any atom is 0.164 e. The number of rotatable bonds is 4. The van der Waals surface area contributed by atoms with E-state index in [9.17, 15) is 15.3 Å². The predicted octanol–water partition coefficient (Wildman–Crippen LogP) is 1.20. The molecule has 10 heteroatoms. The molecule has 1 aromatic carbocycles. The predicted molar refractivity (Wildman–Crippen MR) is 109 cm³/mol. The second kappa shape index (κ2) is 7.45. The first-order valence-corrected chi connectivity index (χ1v) is 9.93. The molecule has 3 aliphatic heterocycles. The molecule has 1 aromatic heterocycles. The number of hydrogen-bond donors (Lipinski definition) is 3. The summed E-state index contributed by atoms with van der Waals surface area (Å²) in [6.07, 6.45) is -2.45. The van der Waals surface area contributed by atoms with Gasteiger partial charge in [0.2, 0.25) is 0 Å². The zero-order chi connectivity index (χ0) is 21.0. The molecule has 4 heterocycles. The van der Waals surface area contributed by atoms with Gasteiger partial charge in [0.25, 0.3) is 0 Å². The molecule has 1 saturated heterocycles. The van der Waals surface area contributed by atoms with Crippen molar-refractivity contribution in [2.75, 3.05) is 13.7 Å². The lowest BCUT2D eigenvalue weighted by atomic mass is 9.99. The molecule has 0 saturated carbocycles. The van der Waals surface area contributed by atoms with Gasteiger partial charge in [0, 0.05) is 18.3 Å². The van der Waals surface area contributed by atoms with Crippen LogP contribution in [-0.2, 0) is 9.47 Å². The Morgan fingerprint density at radius 2 is 1.97 bits per heavy atom. The molecule has 1 fully saturated rings. The third-order valence-electron chi connectivity index (χ3n) is 5.73. The van der Waals surface area contributed by atoms with Crippen LogP contribution in [0.4, 0.5) is 5.82 Å². The molecule has 0 radical (unpaired) electrons. The van der Waals surface area contributed by atoms with E-state index in [1.165, 1.54) is 0 Å². The molecule has 30 heavy (non-hydrogen) atoms. The van der Waals surface area contributed by atoms with Gasteiger partial charge in [0.1, 0.15) is 42.4 Å². The van der Waals surface area contributed by atoms with Gasteiger partial charge in [-0.2, -0.15) is 0 Å². The zero-order valence-electron chi connectivity index (χ0n) is 16.0. The maximum atomic E-state index is 10.7. The molecule has 6 atom stereocenters. The number of ether oxygens (including phenoxy) is 2. The second-order valence-corrected chi connectivity index (χ2v) is 7.87. The van der Waals surface area contributed by atoms with E-state index in [0.29, 0.717) is 22.9 Å². The third-order valence-corrected chi connectivity index (χ3v) is 5.98. The summed E-state index contributed by atoms with van der Waals surface area (Å²) in [4.78, 5) is 10.9. The summed E-state index contributed by atoms with van der Waals surface area (Å²) in [6.45, 7) is 0.499. The molecular formula is C20H21ClN4O5. The average Bonchev–Trinajstić information content (AvgIpc) is 3.44. The van der Waals surface area contributed by atoms with Gasteiger partial charge in [-0.1, -0.05) is 23.7 Å². The van der Waals surface area contributed by atoms with Gasteiger partial charge < -0.3 is 29.4 Å². The molecule has 3 aliphatic rings. The van der Waals surface area contributed by atoms with Crippen LogP contribution in [0.25, 0.3) is 0 Å². The Morgan fingerprint density at radius 1 is 1.20 bits per heavy atom. The van der Waals surface area contributed by atoms with E-state index in [-0.39, 0.29) is 6.23 Å². The van der Waals surface area contributed by atoms with E-state index >= 15 is 0 Å². The SMILES string of the molecule is COC1CN=C2c3ccn([C@@H]4O[C@H](C(O)c5ccc(Cl)cc5)[C@@H](O)[C@H]4O)c3N=CN21. The largest absolute Gasteiger partial charge is 0.387 e. The first-order chi connectivity index (χ1) is 14.5. The van der Waals surface area contributed by atoms with Gasteiger partial charge in [-0.15, -0.1) is 0 Å². The minimum atomic E-state index is -1.29. The van der Waals surface area contributed by atoms with Crippen LogP contribution < -0.4 is 0 Å². The van der Waals surface area contributed by atoms with E-state index < -0.39 is 30.6 Å². The van der Waals surface area contributed by atoms with E-state index in [0.717, 1.165) is 11.4 Å². The van der Waals surface area contributed by atoms with Gasteiger partial charge in [0.15, 0.2) is 12.5 Å². The number of fused-ring (bicyclic) bond motifs is 3. The van der Waals surface area contributed by atoms with E-state index in [2.05, 4.69) is 9.98 Å². The van der Waals surface area contributed by atoms with Gasteiger partial charge in [0.05, 0.1) is 12.1 Å². The molecule has 0 bridgehead atoms. The molecule has 158 valence electrons. The first-order valence-electron chi connectivity index (χ1n) is 9.55. The summed E-state index contributed by atoms with van der Waals surface area (Å²) in [5.74, 6) is 1.29. The van der Waals surface area contributed by atoms with Crippen molar-refractivity contribution in [3.05, 3.63) is 52.7 Å². The first kappa shape index (κ1) is 19.7. The van der Waals surface area contributed by atoms with Crippen LogP contribution >= 0.6 is 11.6 Å². The maximum absolute atomic E-state index is 10.7. The van der Waals surface area contributed by atoms with Crippen molar-refractivity contribution in [1.82, 2.24) is 9.47 Å². The number of methoxy groups -OCH3 is 1. The van der Waals surface area contributed by atoms with E-state index in [1.54, 1.807) is 48.5 Å². The highest BCUT2D eigenvalue weighted by atomic mass is 35.5. The minimum absolute atomic E-state index is 0.200. The summed E-state index contributed by atoms with van der Waals surface area (Å²) >= 11 is 5.90. The summed E-state index contributed by atoms with van der Waals surface area (Å²) in [6, 6.07) is 8.44. The molecule has 0 spiro atoms. The highest BCUT2D eigenvalue weighted by molar-refractivity contribution is 6.30. The normalized spacial score (nSPS) is 30.9. The molecule has 2 aromatic rings. The zero-order valence-corrected chi connectivity index (χ0v) is 16.8. The van der Waals surface area contributed by atoms with Crippen molar-refractivity contribution in [1.29, 1.82) is 0 Å². The van der Waals surface area contributed by atoms with Gasteiger partial charge in [-0.3, -0.25) is 9.89 Å². The van der Waals surface area contributed by atoms with Crippen LogP contribution in [0, 0.1) is 0 Å². The fourth-order valence-electron chi connectivity index (χ4n) is 4.11. The Bertz CT molecular complexity index is 1010. The third kappa shape index (κ3) is 2.97. The number of aliphatic hydroxyl groups excluding tert-OH is 3. The summed E-state index contributed by atoms with van der Waals surface area (Å²) in [5, 5.41) is 32.5. The molecule has 0 amide bonds. The lowest BCUT2D eigenvalue weighted by Crippen LogP contribution is -2.38. The monoisotopic (exact) mass is 432 g/mol. The Kier molecular flexibility index (Phi) is 4.89. The van der Waals surface area contributed by atoms with Crippen molar-refractivity contribution in [2.24, 2.45) is 9.98 Å². The lowest BCUT2D eigenvalue weighted by Gasteiger charge is -2.26. The lowest BCUT2D eigenvalue weighted by molar-refractivity contribution is -0.0854. The van der Waals surface area contributed by atoms with Crippen LogP contribution in [0.5, 0.6) is 0 Å². The minimum Gasteiger partial charge on any atom is -0.387 e. The van der Waals surface area contributed by atoms with Crippen LogP contribution in [0.1, 0.15) is 23.5 Å². The average molecular weight is 433 g/mol. The topological polar surface area (TPSA) is 112 Å². The van der Waals surface area contributed by atoms with Crippen LogP contribution in [0.3, 0.4) is 0 Å². The van der Waals surface area contributed by atoms with Crippen molar-refractivity contribution >= 4 is 29.6 Å². The van der Waals surface area contributed by atoms with E-state index in [1.807, 2.05) is 11.0 Å². The molecule has 5 rings (SSSR count). The molecule has 9 nitrogen and oxygen atoms in total. The summed E-state index contributed by atoms with van der Waals surface area (Å²) in [5.41, 5.74) is 1.31. The number of aliphatic hydroxyl groups is 3. The number of halogens is 1. The molecule has 0 aliphatic carbocycles. The number of benzene rings is 1. The van der Waals surface area contributed by atoms with Crippen molar-refractivity contribution < 1.29 is 24.8 Å². The number of nitrogens with zero attached hydrogens (tertiary/aromatic N) is 4. The fourth-order valence-corrected chi connectivity index (χ4v) is 4.24. The van der Waals surface area contributed by atoms with Crippen LogP contribution in [-0.4, -0.2) is 75.2 Å². The Morgan fingerprint density at radius 3 is 2.70 bits per heavy atom. The smallest absolute Gasteiger partial charge is 0.164 e. The number of aromatic nitrogens is 1. The Balaban J connectivity index is 1.42. The van der Waals surface area contributed by atoms with Gasteiger partial charge in [-0.25, -0.2) is 4.99 Å². The molecular weight excluding hydrogens is 412 g/mol. The quantitative estimate of drug-likeness (QED) is 0.669. The van der Waals surface area contributed by atoms with Gasteiger partial charge in [-0.05, 0) is 23.8 Å². The van der Waals surface area contributed by atoms with Gasteiger partial charge >= 0.3 is 0 Å². The van der Waals surface area contributed by atoms with E-state index in [4.69, 9.17) is 21.1 Å². The second-order valence-electron chi connectivity index (χ2n) is 7.44. The molecule has 3 N–H and O–H groups in total. The van der Waals surface area contributed by atoms with Crippen LogP contribution in [0.2, 0.25) is 5.02 Å². The molecule has 2 unspecified atom stereocenters. The summed E-state index contributed by atoms with van der Waals surface area (Å²) < 4.78 is 13.0. The summed E-state index contributed by atoms with van der Waals surface area (Å²) in [7, 11) is 1.62. The number of amidine groups is 1. The van der Waals surface area contributed by atoms with Crippen molar-refractivity contribution in [3.63, 3.8) is 0 Å². The van der Waals surface area contributed by atoms with Crippen molar-refractivity contribution in [2.45, 2.75) is 36.9 Å². The number of hydrogen-bond acceptors (Lipinski definition) is 8. The fraction of sp³-hybridized carbons (Fsp3) is 0.400. The Hall–Kier alpha value is -2.27. The van der Waals surface area contributed by atoms with Crippen molar-refractivity contribution in [3.8, 4) is 0 Å². The number of aliphatic imine (C=N–C) groups is 2. The van der Waals surface area contributed by atoms with Crippen LogP contribution in [0.15, 0.2) is 46.5 Å².